The molecule has 0 bridgehead atoms. The van der Waals surface area contributed by atoms with Gasteiger partial charge in [0.2, 0.25) is 10.0 Å². The molecule has 0 unspecified atom stereocenters. The van der Waals surface area contributed by atoms with Gasteiger partial charge < -0.3 is 10.2 Å². The molecule has 6 rings (SSSR count). The molecule has 1 aliphatic carbocycles. The molecule has 0 spiro atoms. The van der Waals surface area contributed by atoms with Gasteiger partial charge in [0.15, 0.2) is 5.82 Å². The van der Waals surface area contributed by atoms with Crippen LogP contribution in [0, 0.1) is 11.6 Å². The van der Waals surface area contributed by atoms with Crippen LogP contribution in [0.3, 0.4) is 0 Å². The minimum absolute atomic E-state index is 0.0672. The van der Waals surface area contributed by atoms with Crippen LogP contribution in [0.4, 0.5) is 20.2 Å². The Kier molecular flexibility index (Phi) is 7.67. The van der Waals surface area contributed by atoms with E-state index in [-0.39, 0.29) is 22.1 Å². The zero-order chi connectivity index (χ0) is 28.6. The molecule has 2 N–H and O–H groups in total. The third kappa shape index (κ3) is 5.66. The van der Waals surface area contributed by atoms with E-state index in [2.05, 4.69) is 15.0 Å². The maximum absolute atomic E-state index is 16.1. The topological polar surface area (TPSA) is 92.2 Å². The molecule has 4 aromatic rings. The highest BCUT2D eigenvalue weighted by molar-refractivity contribution is 7.93. The average Bonchev–Trinajstić information content (AvgIpc) is 3.67. The predicted molar refractivity (Wildman–Crippen MR) is 157 cm³/mol. The van der Waals surface area contributed by atoms with Crippen molar-refractivity contribution in [2.75, 3.05) is 35.8 Å². The van der Waals surface area contributed by atoms with Crippen LogP contribution in [0.1, 0.15) is 25.7 Å². The van der Waals surface area contributed by atoms with Crippen LogP contribution in [0.25, 0.3) is 28.1 Å². The number of aromatic nitrogens is 3. The predicted octanol–water partition coefficient (Wildman–Crippen LogP) is 5.63. The van der Waals surface area contributed by atoms with E-state index in [4.69, 9.17) is 16.7 Å². The fourth-order valence-electron chi connectivity index (χ4n) is 5.52. The summed E-state index contributed by atoms with van der Waals surface area (Å²) in [6, 6.07) is 11.1. The number of nitrogens with one attached hydrogen (secondary N) is 2. The second-order valence-electron chi connectivity index (χ2n) is 10.3. The Hall–Kier alpha value is -3.54. The second-order valence-corrected chi connectivity index (χ2v) is 12.7. The number of pyridine rings is 1. The summed E-state index contributed by atoms with van der Waals surface area (Å²) in [6.45, 7) is 2.97. The number of piperazine rings is 1. The average molecular weight is 599 g/mol. The van der Waals surface area contributed by atoms with Gasteiger partial charge in [-0.15, -0.1) is 0 Å². The summed E-state index contributed by atoms with van der Waals surface area (Å²) in [7, 11) is -3.80. The maximum atomic E-state index is 16.1. The van der Waals surface area contributed by atoms with Crippen molar-refractivity contribution in [3.63, 3.8) is 0 Å². The number of halogens is 3. The Labute approximate surface area is 242 Å². The molecule has 2 aromatic heterocycles. The molecule has 2 aromatic carbocycles. The van der Waals surface area contributed by atoms with E-state index < -0.39 is 21.1 Å². The standard InChI is InChI=1S/C29H29ClF2N6O2S/c30-20-15-23(28(32)26(16-20)36-41(39,40)22-3-1-2-4-22)24-18-38(35-29(24)19-7-9-33-10-8-19)21-5-6-27(25(31)17-21)37-13-11-34-12-14-37/h5-10,15-18,22,34,36H,1-4,11-14H2. The highest BCUT2D eigenvalue weighted by Crippen LogP contribution is 2.39. The van der Waals surface area contributed by atoms with Gasteiger partial charge in [0.05, 0.1) is 22.3 Å². The quantitative estimate of drug-likeness (QED) is 0.287. The summed E-state index contributed by atoms with van der Waals surface area (Å²) in [5.74, 6) is -1.16. The van der Waals surface area contributed by atoms with E-state index >= 15 is 8.78 Å². The Bertz CT molecular complexity index is 1670. The number of sulfonamides is 1. The monoisotopic (exact) mass is 598 g/mol. The van der Waals surface area contributed by atoms with Crippen molar-refractivity contribution in [3.8, 4) is 28.1 Å². The highest BCUT2D eigenvalue weighted by atomic mass is 35.5. The maximum Gasteiger partial charge on any atom is 0.235 e. The van der Waals surface area contributed by atoms with Crippen LogP contribution in [0.2, 0.25) is 5.02 Å². The van der Waals surface area contributed by atoms with Gasteiger partial charge in [-0.2, -0.15) is 5.10 Å². The van der Waals surface area contributed by atoms with Gasteiger partial charge in [0.25, 0.3) is 0 Å². The van der Waals surface area contributed by atoms with Gasteiger partial charge in [-0.3, -0.25) is 9.71 Å². The molecular formula is C29H29ClF2N6O2S. The lowest BCUT2D eigenvalue weighted by molar-refractivity contribution is 0.565. The van der Waals surface area contributed by atoms with Gasteiger partial charge in [0, 0.05) is 72.5 Å². The summed E-state index contributed by atoms with van der Waals surface area (Å²) in [4.78, 5) is 6.05. The molecule has 1 aliphatic heterocycles. The molecule has 2 fully saturated rings. The minimum Gasteiger partial charge on any atom is -0.367 e. The first-order chi connectivity index (χ1) is 19.8. The van der Waals surface area contributed by atoms with Gasteiger partial charge in [-0.1, -0.05) is 24.4 Å². The third-order valence-corrected chi connectivity index (χ3v) is 9.71. The third-order valence-electron chi connectivity index (χ3n) is 7.64. The smallest absolute Gasteiger partial charge is 0.235 e. The van der Waals surface area contributed by atoms with Crippen LogP contribution in [-0.4, -0.2) is 54.6 Å². The molecule has 12 heteroatoms. The highest BCUT2D eigenvalue weighted by Gasteiger charge is 2.30. The van der Waals surface area contributed by atoms with Gasteiger partial charge in [-0.05, 0) is 49.2 Å². The molecule has 41 heavy (non-hydrogen) atoms. The van der Waals surface area contributed by atoms with Crippen molar-refractivity contribution in [1.82, 2.24) is 20.1 Å². The Morgan fingerprint density at radius 3 is 2.41 bits per heavy atom. The molecule has 3 heterocycles. The van der Waals surface area contributed by atoms with E-state index in [1.54, 1.807) is 42.9 Å². The number of hydrogen-bond donors (Lipinski definition) is 2. The van der Waals surface area contributed by atoms with Crippen molar-refractivity contribution in [2.24, 2.45) is 0 Å². The first-order valence-corrected chi connectivity index (χ1v) is 15.5. The Morgan fingerprint density at radius 2 is 1.71 bits per heavy atom. The zero-order valence-electron chi connectivity index (χ0n) is 22.2. The van der Waals surface area contributed by atoms with Crippen molar-refractivity contribution in [1.29, 1.82) is 0 Å². The fraction of sp³-hybridized carbons (Fsp3) is 0.310. The van der Waals surface area contributed by atoms with Crippen LogP contribution >= 0.6 is 11.6 Å². The lowest BCUT2D eigenvalue weighted by Gasteiger charge is -2.29. The first kappa shape index (κ1) is 27.6. The van der Waals surface area contributed by atoms with Gasteiger partial charge in [0.1, 0.15) is 11.5 Å². The van der Waals surface area contributed by atoms with Crippen molar-refractivity contribution >= 4 is 33.0 Å². The molecule has 2 aliphatic rings. The van der Waals surface area contributed by atoms with E-state index in [0.29, 0.717) is 54.1 Å². The number of hydrogen-bond acceptors (Lipinski definition) is 6. The number of anilines is 2. The zero-order valence-corrected chi connectivity index (χ0v) is 23.7. The summed E-state index contributed by atoms with van der Waals surface area (Å²) in [6.07, 6.45) is 7.49. The van der Waals surface area contributed by atoms with Crippen LogP contribution in [0.5, 0.6) is 0 Å². The first-order valence-electron chi connectivity index (χ1n) is 13.6. The van der Waals surface area contributed by atoms with E-state index in [1.807, 2.05) is 4.90 Å². The molecule has 0 amide bonds. The second kappa shape index (κ2) is 11.4. The number of benzene rings is 2. The van der Waals surface area contributed by atoms with Crippen LogP contribution in [-0.2, 0) is 10.0 Å². The van der Waals surface area contributed by atoms with Gasteiger partial charge in [-0.25, -0.2) is 21.9 Å². The molecule has 1 saturated heterocycles. The lowest BCUT2D eigenvalue weighted by Crippen LogP contribution is -2.43. The number of nitrogens with zero attached hydrogens (tertiary/aromatic N) is 4. The van der Waals surface area contributed by atoms with Crippen LogP contribution < -0.4 is 14.9 Å². The fourth-order valence-corrected chi connectivity index (χ4v) is 7.32. The molecule has 0 radical (unpaired) electrons. The van der Waals surface area contributed by atoms with Crippen molar-refractivity contribution in [2.45, 2.75) is 30.9 Å². The summed E-state index contributed by atoms with van der Waals surface area (Å²) >= 11 is 6.40. The Morgan fingerprint density at radius 1 is 0.976 bits per heavy atom. The molecule has 214 valence electrons. The van der Waals surface area contributed by atoms with Crippen LogP contribution in [0.15, 0.2) is 61.1 Å². The lowest BCUT2D eigenvalue weighted by atomic mass is 10.0. The van der Waals surface area contributed by atoms with Crippen molar-refractivity contribution in [3.05, 3.63) is 77.7 Å². The van der Waals surface area contributed by atoms with E-state index in [0.717, 1.165) is 25.9 Å². The Balaban J connectivity index is 1.43. The molecular weight excluding hydrogens is 570 g/mol. The summed E-state index contributed by atoms with van der Waals surface area (Å²) in [5, 5.41) is 7.55. The minimum atomic E-state index is -3.80. The van der Waals surface area contributed by atoms with E-state index in [9.17, 15) is 8.42 Å². The van der Waals surface area contributed by atoms with E-state index in [1.165, 1.54) is 22.9 Å². The molecule has 0 atom stereocenters. The number of rotatable bonds is 7. The molecule has 8 nitrogen and oxygen atoms in total. The summed E-state index contributed by atoms with van der Waals surface area (Å²) < 4.78 is 61.2. The SMILES string of the molecule is O=S(=O)(Nc1cc(Cl)cc(-c2cn(-c3ccc(N4CCNCC4)c(F)c3)nc2-c2ccncc2)c1F)C1CCCC1. The molecule has 1 saturated carbocycles. The summed E-state index contributed by atoms with van der Waals surface area (Å²) in [5.41, 5.74) is 2.23. The largest absolute Gasteiger partial charge is 0.367 e. The van der Waals surface area contributed by atoms with Crippen molar-refractivity contribution < 1.29 is 17.2 Å². The van der Waals surface area contributed by atoms with Gasteiger partial charge >= 0.3 is 0 Å². The normalized spacial score (nSPS) is 16.3.